The molecule has 0 atom stereocenters. The van der Waals surface area contributed by atoms with Crippen LogP contribution < -0.4 is 0 Å². The SMILES string of the molecule is COC(=O)Cc1ccnc(C(F)F)c1C(F)(F)F. The van der Waals surface area contributed by atoms with Crippen molar-refractivity contribution in [3.63, 3.8) is 0 Å². The number of esters is 1. The average molecular weight is 269 g/mol. The Labute approximate surface area is 98.6 Å². The number of carbonyl (C=O) groups excluding carboxylic acids is 1. The van der Waals surface area contributed by atoms with Gasteiger partial charge in [0.2, 0.25) is 0 Å². The maximum atomic E-state index is 12.7. The quantitative estimate of drug-likeness (QED) is 0.625. The van der Waals surface area contributed by atoms with E-state index >= 15 is 0 Å². The first-order valence-electron chi connectivity index (χ1n) is 4.67. The van der Waals surface area contributed by atoms with Gasteiger partial charge in [-0.25, -0.2) is 8.78 Å². The number of rotatable bonds is 3. The highest BCUT2D eigenvalue weighted by atomic mass is 19.4. The monoisotopic (exact) mass is 269 g/mol. The molecule has 0 amide bonds. The lowest BCUT2D eigenvalue weighted by molar-refractivity contribution is -0.142. The van der Waals surface area contributed by atoms with Gasteiger partial charge in [-0.15, -0.1) is 0 Å². The Morgan fingerprint density at radius 1 is 1.44 bits per heavy atom. The minimum atomic E-state index is -5.01. The van der Waals surface area contributed by atoms with Gasteiger partial charge in [0.25, 0.3) is 6.43 Å². The Kier molecular flexibility index (Phi) is 4.20. The minimum absolute atomic E-state index is 0.584. The van der Waals surface area contributed by atoms with Gasteiger partial charge in [0, 0.05) is 6.20 Å². The molecule has 0 aromatic carbocycles. The smallest absolute Gasteiger partial charge is 0.418 e. The Balaban J connectivity index is 3.33. The van der Waals surface area contributed by atoms with Crippen molar-refractivity contribution in [3.8, 4) is 0 Å². The van der Waals surface area contributed by atoms with Crippen molar-refractivity contribution in [1.29, 1.82) is 0 Å². The van der Waals surface area contributed by atoms with Gasteiger partial charge in [-0.1, -0.05) is 0 Å². The predicted octanol–water partition coefficient (Wildman–Crippen LogP) is 2.75. The average Bonchev–Trinajstić information content (AvgIpc) is 2.26. The van der Waals surface area contributed by atoms with Crippen LogP contribution in [0.15, 0.2) is 12.3 Å². The molecule has 0 radical (unpaired) electrons. The fraction of sp³-hybridized carbons (Fsp3) is 0.400. The second-order valence-electron chi connectivity index (χ2n) is 3.28. The van der Waals surface area contributed by atoms with Crippen LogP contribution in [-0.2, 0) is 22.1 Å². The molecular weight excluding hydrogens is 261 g/mol. The molecule has 0 saturated heterocycles. The van der Waals surface area contributed by atoms with Crippen molar-refractivity contribution in [3.05, 3.63) is 29.1 Å². The fourth-order valence-electron chi connectivity index (χ4n) is 1.39. The van der Waals surface area contributed by atoms with E-state index in [2.05, 4.69) is 9.72 Å². The molecule has 0 spiro atoms. The highest BCUT2D eigenvalue weighted by Gasteiger charge is 2.39. The largest absolute Gasteiger partial charge is 0.469 e. The lowest BCUT2D eigenvalue weighted by Gasteiger charge is -2.15. The van der Waals surface area contributed by atoms with Crippen molar-refractivity contribution < 1.29 is 31.5 Å². The summed E-state index contributed by atoms with van der Waals surface area (Å²) < 4.78 is 67.3. The molecular formula is C10H8F5NO2. The van der Waals surface area contributed by atoms with Crippen LogP contribution in [0.3, 0.4) is 0 Å². The third-order valence-corrected chi connectivity index (χ3v) is 2.12. The molecule has 0 N–H and O–H groups in total. The summed E-state index contributed by atoms with van der Waals surface area (Å²) in [5.41, 5.74) is -3.55. The molecule has 0 unspecified atom stereocenters. The molecule has 0 aliphatic rings. The molecule has 1 heterocycles. The number of alkyl halides is 5. The number of nitrogens with zero attached hydrogens (tertiary/aromatic N) is 1. The Hall–Kier alpha value is -1.73. The highest BCUT2D eigenvalue weighted by molar-refractivity contribution is 5.73. The molecule has 8 heteroatoms. The number of ether oxygens (including phenoxy) is 1. The van der Waals surface area contributed by atoms with Gasteiger partial charge in [0.05, 0.1) is 19.1 Å². The van der Waals surface area contributed by atoms with E-state index in [1.165, 1.54) is 0 Å². The molecule has 0 bridgehead atoms. The first-order chi connectivity index (χ1) is 8.27. The van der Waals surface area contributed by atoms with Crippen LogP contribution in [0.4, 0.5) is 22.0 Å². The summed E-state index contributed by atoms with van der Waals surface area (Å²) in [6.07, 6.45) is -8.33. The second-order valence-corrected chi connectivity index (χ2v) is 3.28. The van der Waals surface area contributed by atoms with Crippen molar-refractivity contribution in [2.45, 2.75) is 19.0 Å². The molecule has 1 rings (SSSR count). The first kappa shape index (κ1) is 14.3. The third kappa shape index (κ3) is 3.14. The second kappa shape index (κ2) is 5.28. The van der Waals surface area contributed by atoms with Gasteiger partial charge in [0.15, 0.2) is 0 Å². The van der Waals surface area contributed by atoms with Gasteiger partial charge in [0.1, 0.15) is 5.69 Å². The van der Waals surface area contributed by atoms with E-state index in [1.807, 2.05) is 0 Å². The topological polar surface area (TPSA) is 39.2 Å². The van der Waals surface area contributed by atoms with E-state index < -0.39 is 41.8 Å². The van der Waals surface area contributed by atoms with E-state index in [0.717, 1.165) is 19.4 Å². The molecule has 0 aliphatic heterocycles. The molecule has 1 aromatic rings. The van der Waals surface area contributed by atoms with Crippen molar-refractivity contribution in [1.82, 2.24) is 4.98 Å². The molecule has 0 saturated carbocycles. The van der Waals surface area contributed by atoms with Crippen LogP contribution in [0.25, 0.3) is 0 Å². The number of hydrogen-bond acceptors (Lipinski definition) is 3. The van der Waals surface area contributed by atoms with E-state index in [0.29, 0.717) is 0 Å². The van der Waals surface area contributed by atoms with Crippen LogP contribution in [-0.4, -0.2) is 18.1 Å². The Morgan fingerprint density at radius 3 is 2.50 bits per heavy atom. The summed E-state index contributed by atoms with van der Waals surface area (Å²) in [6, 6.07) is 0.867. The summed E-state index contributed by atoms with van der Waals surface area (Å²) >= 11 is 0. The lowest BCUT2D eigenvalue weighted by atomic mass is 10.0. The normalized spacial score (nSPS) is 11.7. The minimum Gasteiger partial charge on any atom is -0.469 e. The van der Waals surface area contributed by atoms with Gasteiger partial charge in [-0.05, 0) is 11.6 Å². The highest BCUT2D eigenvalue weighted by Crippen LogP contribution is 2.37. The van der Waals surface area contributed by atoms with Crippen molar-refractivity contribution in [2.75, 3.05) is 7.11 Å². The Bertz CT molecular complexity index is 444. The maximum Gasteiger partial charge on any atom is 0.418 e. The number of pyridine rings is 1. The number of hydrogen-bond donors (Lipinski definition) is 0. The third-order valence-electron chi connectivity index (χ3n) is 2.12. The molecule has 3 nitrogen and oxygen atoms in total. The van der Waals surface area contributed by atoms with Gasteiger partial charge < -0.3 is 4.74 Å². The number of carbonyl (C=O) groups is 1. The van der Waals surface area contributed by atoms with E-state index in [-0.39, 0.29) is 0 Å². The van der Waals surface area contributed by atoms with Crippen LogP contribution in [0.5, 0.6) is 0 Å². The summed E-state index contributed by atoms with van der Waals surface area (Å²) in [5, 5.41) is 0. The molecule has 0 aliphatic carbocycles. The van der Waals surface area contributed by atoms with Crippen molar-refractivity contribution >= 4 is 5.97 Å². The van der Waals surface area contributed by atoms with Gasteiger partial charge >= 0.3 is 12.1 Å². The first-order valence-corrected chi connectivity index (χ1v) is 4.67. The standard InChI is InChI=1S/C10H8F5NO2/c1-18-6(17)4-5-2-3-16-8(9(11)12)7(5)10(13,14)15/h2-3,9H,4H2,1H3. The van der Waals surface area contributed by atoms with Crippen LogP contribution in [0, 0.1) is 0 Å². The molecule has 1 aromatic heterocycles. The van der Waals surface area contributed by atoms with Crippen LogP contribution in [0.1, 0.15) is 23.2 Å². The molecule has 0 fully saturated rings. The molecule has 18 heavy (non-hydrogen) atoms. The maximum absolute atomic E-state index is 12.7. The van der Waals surface area contributed by atoms with E-state index in [1.54, 1.807) is 0 Å². The zero-order valence-corrected chi connectivity index (χ0v) is 9.09. The number of aromatic nitrogens is 1. The van der Waals surface area contributed by atoms with Crippen molar-refractivity contribution in [2.24, 2.45) is 0 Å². The summed E-state index contributed by atoms with van der Waals surface area (Å²) in [7, 11) is 0.991. The summed E-state index contributed by atoms with van der Waals surface area (Å²) in [6.45, 7) is 0. The zero-order valence-electron chi connectivity index (χ0n) is 9.09. The van der Waals surface area contributed by atoms with Crippen LogP contribution in [0.2, 0.25) is 0 Å². The van der Waals surface area contributed by atoms with Gasteiger partial charge in [-0.2, -0.15) is 13.2 Å². The molecule has 100 valence electrons. The summed E-state index contributed by atoms with van der Waals surface area (Å²) in [4.78, 5) is 14.0. The Morgan fingerprint density at radius 2 is 2.06 bits per heavy atom. The number of methoxy groups -OCH3 is 1. The van der Waals surface area contributed by atoms with Gasteiger partial charge in [-0.3, -0.25) is 9.78 Å². The number of halogens is 5. The fourth-order valence-corrected chi connectivity index (χ4v) is 1.39. The zero-order chi connectivity index (χ0) is 13.9. The summed E-state index contributed by atoms with van der Waals surface area (Å²) in [5.74, 6) is -0.952. The lowest BCUT2D eigenvalue weighted by Crippen LogP contribution is -2.17. The van der Waals surface area contributed by atoms with Crippen LogP contribution >= 0.6 is 0 Å². The predicted molar refractivity (Wildman–Crippen MR) is 49.9 cm³/mol. The van der Waals surface area contributed by atoms with E-state index in [4.69, 9.17) is 0 Å². The van der Waals surface area contributed by atoms with E-state index in [9.17, 15) is 26.7 Å².